The predicted molar refractivity (Wildman–Crippen MR) is 69.3 cm³/mol. The van der Waals surface area contributed by atoms with Crippen molar-refractivity contribution in [2.75, 3.05) is 0 Å². The standard InChI is InChI=1S/C12H14F2N2OS/c1-2-3-10(11(15)18)16-12(17)7-4-5-8(13)9(14)6-7/h4-6,10H,2-3H2,1H3,(H2,15,18)(H,16,17). The molecule has 3 nitrogen and oxygen atoms in total. The molecule has 18 heavy (non-hydrogen) atoms. The van der Waals surface area contributed by atoms with Crippen molar-refractivity contribution < 1.29 is 13.6 Å². The summed E-state index contributed by atoms with van der Waals surface area (Å²) in [5, 5.41) is 2.59. The Kier molecular flexibility index (Phi) is 5.15. The molecule has 0 aromatic heterocycles. The Hall–Kier alpha value is -1.56. The van der Waals surface area contributed by atoms with Gasteiger partial charge in [0.2, 0.25) is 0 Å². The van der Waals surface area contributed by atoms with Crippen molar-refractivity contribution in [1.29, 1.82) is 0 Å². The highest BCUT2D eigenvalue weighted by molar-refractivity contribution is 7.80. The van der Waals surface area contributed by atoms with Crippen LogP contribution in [-0.2, 0) is 0 Å². The summed E-state index contributed by atoms with van der Waals surface area (Å²) in [6.45, 7) is 1.93. The van der Waals surface area contributed by atoms with Crippen LogP contribution in [0.3, 0.4) is 0 Å². The van der Waals surface area contributed by atoms with Crippen LogP contribution >= 0.6 is 12.2 Å². The fraction of sp³-hybridized carbons (Fsp3) is 0.333. The van der Waals surface area contributed by atoms with Gasteiger partial charge in [-0.25, -0.2) is 8.78 Å². The Labute approximate surface area is 109 Å². The Balaban J connectivity index is 2.80. The van der Waals surface area contributed by atoms with E-state index in [4.69, 9.17) is 18.0 Å². The number of benzene rings is 1. The molecule has 1 aromatic carbocycles. The van der Waals surface area contributed by atoms with Crippen molar-refractivity contribution in [2.45, 2.75) is 25.8 Å². The molecule has 1 rings (SSSR count). The highest BCUT2D eigenvalue weighted by Gasteiger charge is 2.16. The lowest BCUT2D eigenvalue weighted by atomic mass is 10.1. The number of hydrogen-bond acceptors (Lipinski definition) is 2. The van der Waals surface area contributed by atoms with Crippen LogP contribution in [0.1, 0.15) is 30.1 Å². The first kappa shape index (κ1) is 14.5. The van der Waals surface area contributed by atoms with Crippen molar-refractivity contribution in [3.63, 3.8) is 0 Å². The zero-order valence-corrected chi connectivity index (χ0v) is 10.7. The quantitative estimate of drug-likeness (QED) is 0.808. The number of nitrogens with two attached hydrogens (primary N) is 1. The highest BCUT2D eigenvalue weighted by atomic mass is 32.1. The molecule has 0 aliphatic rings. The van der Waals surface area contributed by atoms with Crippen LogP contribution in [0.25, 0.3) is 0 Å². The van der Waals surface area contributed by atoms with Gasteiger partial charge in [0, 0.05) is 5.56 Å². The van der Waals surface area contributed by atoms with Gasteiger partial charge in [0.1, 0.15) is 0 Å². The zero-order chi connectivity index (χ0) is 13.7. The Morgan fingerprint density at radius 3 is 2.61 bits per heavy atom. The summed E-state index contributed by atoms with van der Waals surface area (Å²) in [6, 6.07) is 2.51. The zero-order valence-electron chi connectivity index (χ0n) is 9.87. The topological polar surface area (TPSA) is 55.1 Å². The number of carbonyl (C=O) groups is 1. The van der Waals surface area contributed by atoms with E-state index in [1.807, 2.05) is 6.92 Å². The molecule has 1 unspecified atom stereocenters. The summed E-state index contributed by atoms with van der Waals surface area (Å²) >= 11 is 4.83. The molecule has 0 bridgehead atoms. The molecule has 0 saturated carbocycles. The minimum atomic E-state index is -1.06. The van der Waals surface area contributed by atoms with Crippen LogP contribution in [0, 0.1) is 11.6 Å². The van der Waals surface area contributed by atoms with E-state index < -0.39 is 23.6 Å². The molecule has 6 heteroatoms. The van der Waals surface area contributed by atoms with Gasteiger partial charge in [-0.1, -0.05) is 25.6 Å². The highest BCUT2D eigenvalue weighted by Crippen LogP contribution is 2.09. The van der Waals surface area contributed by atoms with E-state index in [2.05, 4.69) is 5.32 Å². The van der Waals surface area contributed by atoms with Gasteiger partial charge in [-0.05, 0) is 24.6 Å². The summed E-state index contributed by atoms with van der Waals surface area (Å²) in [5.41, 5.74) is 5.52. The molecule has 1 atom stereocenters. The number of hydrogen-bond donors (Lipinski definition) is 2. The fourth-order valence-corrected chi connectivity index (χ4v) is 1.63. The average Bonchev–Trinajstić information content (AvgIpc) is 2.31. The average molecular weight is 272 g/mol. The molecule has 1 amide bonds. The number of carbonyl (C=O) groups excluding carboxylic acids is 1. The molecule has 0 spiro atoms. The molecule has 0 saturated heterocycles. The third-order valence-corrected chi connectivity index (χ3v) is 2.69. The third-order valence-electron chi connectivity index (χ3n) is 2.41. The van der Waals surface area contributed by atoms with Crippen molar-refractivity contribution in [3.05, 3.63) is 35.4 Å². The molecule has 0 aliphatic heterocycles. The van der Waals surface area contributed by atoms with Gasteiger partial charge >= 0.3 is 0 Å². The summed E-state index contributed by atoms with van der Waals surface area (Å²) in [4.78, 5) is 12.0. The van der Waals surface area contributed by atoms with Gasteiger partial charge in [-0.3, -0.25) is 4.79 Å². The van der Waals surface area contributed by atoms with E-state index in [1.54, 1.807) is 0 Å². The Morgan fingerprint density at radius 1 is 1.44 bits per heavy atom. The maximum absolute atomic E-state index is 13.0. The van der Waals surface area contributed by atoms with E-state index in [0.717, 1.165) is 18.6 Å². The predicted octanol–water partition coefficient (Wildman–Crippen LogP) is 2.15. The van der Waals surface area contributed by atoms with Crippen LogP contribution in [0.5, 0.6) is 0 Å². The monoisotopic (exact) mass is 272 g/mol. The molecule has 0 heterocycles. The lowest BCUT2D eigenvalue weighted by Crippen LogP contribution is -2.43. The van der Waals surface area contributed by atoms with Gasteiger partial charge in [0.05, 0.1) is 11.0 Å². The minimum Gasteiger partial charge on any atom is -0.392 e. The van der Waals surface area contributed by atoms with E-state index in [-0.39, 0.29) is 10.6 Å². The Bertz CT molecular complexity index is 465. The normalized spacial score (nSPS) is 11.9. The van der Waals surface area contributed by atoms with Crippen molar-refractivity contribution in [3.8, 4) is 0 Å². The second kappa shape index (κ2) is 6.39. The SMILES string of the molecule is CCCC(NC(=O)c1ccc(F)c(F)c1)C(N)=S. The first-order valence-corrected chi connectivity index (χ1v) is 5.91. The second-order valence-corrected chi connectivity index (χ2v) is 4.32. The van der Waals surface area contributed by atoms with Crippen molar-refractivity contribution in [2.24, 2.45) is 5.73 Å². The van der Waals surface area contributed by atoms with Crippen LogP contribution < -0.4 is 11.1 Å². The molecular weight excluding hydrogens is 258 g/mol. The maximum atomic E-state index is 13.0. The van der Waals surface area contributed by atoms with E-state index >= 15 is 0 Å². The largest absolute Gasteiger partial charge is 0.392 e. The first-order valence-electron chi connectivity index (χ1n) is 5.51. The van der Waals surface area contributed by atoms with Gasteiger partial charge in [-0.2, -0.15) is 0 Å². The summed E-state index contributed by atoms with van der Waals surface area (Å²) in [6.07, 6.45) is 1.39. The molecule has 3 N–H and O–H groups in total. The first-order chi connectivity index (χ1) is 8.45. The fourth-order valence-electron chi connectivity index (χ4n) is 1.45. The second-order valence-electron chi connectivity index (χ2n) is 3.85. The van der Waals surface area contributed by atoms with Gasteiger partial charge in [0.25, 0.3) is 5.91 Å². The van der Waals surface area contributed by atoms with E-state index in [9.17, 15) is 13.6 Å². The Morgan fingerprint density at radius 2 is 2.11 bits per heavy atom. The summed E-state index contributed by atoms with van der Waals surface area (Å²) in [5.74, 6) is -2.59. The number of rotatable bonds is 5. The number of halogens is 2. The van der Waals surface area contributed by atoms with E-state index in [0.29, 0.717) is 6.42 Å². The maximum Gasteiger partial charge on any atom is 0.251 e. The van der Waals surface area contributed by atoms with Gasteiger partial charge in [0.15, 0.2) is 11.6 Å². The molecular formula is C12H14F2N2OS. The number of amides is 1. The third kappa shape index (κ3) is 3.73. The molecule has 0 fully saturated rings. The molecule has 0 radical (unpaired) electrons. The van der Waals surface area contributed by atoms with Crippen molar-refractivity contribution >= 4 is 23.1 Å². The summed E-state index contributed by atoms with van der Waals surface area (Å²) in [7, 11) is 0. The molecule has 1 aromatic rings. The van der Waals surface area contributed by atoms with Crippen LogP contribution in [0.15, 0.2) is 18.2 Å². The lowest BCUT2D eigenvalue weighted by Gasteiger charge is -2.16. The van der Waals surface area contributed by atoms with Crippen LogP contribution in [0.2, 0.25) is 0 Å². The summed E-state index contributed by atoms with van der Waals surface area (Å²) < 4.78 is 25.7. The number of thiocarbonyl (C=S) groups is 1. The molecule has 98 valence electrons. The molecule has 0 aliphatic carbocycles. The van der Waals surface area contributed by atoms with Crippen LogP contribution in [0.4, 0.5) is 8.78 Å². The lowest BCUT2D eigenvalue weighted by molar-refractivity contribution is 0.0945. The minimum absolute atomic E-state index is 0.0336. The van der Waals surface area contributed by atoms with Crippen molar-refractivity contribution in [1.82, 2.24) is 5.32 Å². The van der Waals surface area contributed by atoms with Gasteiger partial charge < -0.3 is 11.1 Å². The van der Waals surface area contributed by atoms with Gasteiger partial charge in [-0.15, -0.1) is 0 Å². The van der Waals surface area contributed by atoms with Crippen LogP contribution in [-0.4, -0.2) is 16.9 Å². The smallest absolute Gasteiger partial charge is 0.251 e. The van der Waals surface area contributed by atoms with E-state index in [1.165, 1.54) is 6.07 Å². The number of nitrogens with one attached hydrogen (secondary N) is 1.